The lowest BCUT2D eigenvalue weighted by molar-refractivity contribution is 0.542. The van der Waals surface area contributed by atoms with Crippen molar-refractivity contribution < 1.29 is 0 Å². The first-order valence-electron chi connectivity index (χ1n) is 5.24. The van der Waals surface area contributed by atoms with Crippen molar-refractivity contribution in [2.24, 2.45) is 5.84 Å². The van der Waals surface area contributed by atoms with Crippen LogP contribution in [0.5, 0.6) is 0 Å². The number of aryl methyl sites for hydroxylation is 1. The number of rotatable bonds is 2. The first-order valence-corrected chi connectivity index (χ1v) is 5.24. The number of aromatic nitrogens is 2. The lowest BCUT2D eigenvalue weighted by atomic mass is 9.95. The average Bonchev–Trinajstić information content (AvgIpc) is 2.15. The molecule has 0 radical (unpaired) electrons. The van der Waals surface area contributed by atoms with Gasteiger partial charge in [-0.05, 0) is 13.3 Å². The van der Waals surface area contributed by atoms with Crippen molar-refractivity contribution in [3.05, 3.63) is 17.1 Å². The number of hydrogen-bond donors (Lipinski definition) is 2. The summed E-state index contributed by atoms with van der Waals surface area (Å²) in [6.45, 7) is 10.3. The smallest absolute Gasteiger partial charge is 0.147 e. The molecule has 4 heteroatoms. The van der Waals surface area contributed by atoms with Crippen molar-refractivity contribution in [2.75, 3.05) is 5.43 Å². The minimum atomic E-state index is -0.0529. The Morgan fingerprint density at radius 3 is 2.27 bits per heavy atom. The number of anilines is 1. The first-order chi connectivity index (χ1) is 6.90. The van der Waals surface area contributed by atoms with E-state index in [1.165, 1.54) is 0 Å². The monoisotopic (exact) mass is 208 g/mol. The number of nitrogen functional groups attached to an aromatic ring is 1. The second-order valence-electron chi connectivity index (χ2n) is 4.71. The second-order valence-corrected chi connectivity index (χ2v) is 4.71. The third-order valence-electron chi connectivity index (χ3n) is 2.37. The lowest BCUT2D eigenvalue weighted by Crippen LogP contribution is -2.21. The number of nitrogens with two attached hydrogens (primary N) is 1. The number of nitrogens with zero attached hydrogens (tertiary/aromatic N) is 2. The molecule has 84 valence electrons. The average molecular weight is 208 g/mol. The quantitative estimate of drug-likeness (QED) is 0.576. The Kier molecular flexibility index (Phi) is 3.29. The lowest BCUT2D eigenvalue weighted by Gasteiger charge is -2.19. The molecule has 0 aliphatic rings. The van der Waals surface area contributed by atoms with Crippen molar-refractivity contribution >= 4 is 5.82 Å². The van der Waals surface area contributed by atoms with Gasteiger partial charge in [-0.2, -0.15) is 0 Å². The van der Waals surface area contributed by atoms with Crippen LogP contribution in [0, 0.1) is 6.92 Å². The Hall–Kier alpha value is -1.16. The third-order valence-corrected chi connectivity index (χ3v) is 2.37. The summed E-state index contributed by atoms with van der Waals surface area (Å²) in [5.41, 5.74) is 4.69. The Balaban J connectivity index is 3.32. The third kappa shape index (κ3) is 2.45. The van der Waals surface area contributed by atoms with Gasteiger partial charge >= 0.3 is 0 Å². The van der Waals surface area contributed by atoms with Crippen LogP contribution in [0.3, 0.4) is 0 Å². The highest BCUT2D eigenvalue weighted by Crippen LogP contribution is 2.23. The van der Waals surface area contributed by atoms with E-state index in [1.54, 1.807) is 0 Å². The van der Waals surface area contributed by atoms with Crippen molar-refractivity contribution in [3.8, 4) is 0 Å². The van der Waals surface area contributed by atoms with Crippen LogP contribution >= 0.6 is 0 Å². The van der Waals surface area contributed by atoms with Crippen LogP contribution in [0.1, 0.15) is 44.8 Å². The van der Waals surface area contributed by atoms with E-state index in [9.17, 15) is 0 Å². The molecule has 0 unspecified atom stereocenters. The highest BCUT2D eigenvalue weighted by Gasteiger charge is 2.20. The van der Waals surface area contributed by atoms with Gasteiger partial charge in [-0.3, -0.25) is 0 Å². The summed E-state index contributed by atoms with van der Waals surface area (Å²) >= 11 is 0. The van der Waals surface area contributed by atoms with E-state index >= 15 is 0 Å². The minimum Gasteiger partial charge on any atom is -0.308 e. The van der Waals surface area contributed by atoms with Crippen LogP contribution in [0.4, 0.5) is 5.82 Å². The summed E-state index contributed by atoms with van der Waals surface area (Å²) in [6.07, 6.45) is 0.885. The Morgan fingerprint density at radius 1 is 1.27 bits per heavy atom. The molecule has 0 saturated carbocycles. The van der Waals surface area contributed by atoms with E-state index in [4.69, 9.17) is 5.84 Å². The Morgan fingerprint density at radius 2 is 1.87 bits per heavy atom. The van der Waals surface area contributed by atoms with Gasteiger partial charge in [-0.25, -0.2) is 15.8 Å². The molecule has 1 heterocycles. The van der Waals surface area contributed by atoms with Crippen LogP contribution in [-0.2, 0) is 11.8 Å². The van der Waals surface area contributed by atoms with Gasteiger partial charge in [0.2, 0.25) is 0 Å². The first kappa shape index (κ1) is 11.9. The largest absolute Gasteiger partial charge is 0.308 e. The summed E-state index contributed by atoms with van der Waals surface area (Å²) in [5, 5.41) is 0. The van der Waals surface area contributed by atoms with Crippen LogP contribution in [0.25, 0.3) is 0 Å². The van der Waals surface area contributed by atoms with Crippen LogP contribution < -0.4 is 11.3 Å². The van der Waals surface area contributed by atoms with Crippen molar-refractivity contribution in [3.63, 3.8) is 0 Å². The van der Waals surface area contributed by atoms with E-state index < -0.39 is 0 Å². The molecule has 0 amide bonds. The fourth-order valence-corrected chi connectivity index (χ4v) is 1.47. The zero-order valence-corrected chi connectivity index (χ0v) is 10.2. The maximum absolute atomic E-state index is 5.47. The molecular formula is C11H20N4. The molecule has 3 N–H and O–H groups in total. The maximum atomic E-state index is 5.47. The van der Waals surface area contributed by atoms with Crippen LogP contribution in [0.15, 0.2) is 0 Å². The van der Waals surface area contributed by atoms with E-state index in [-0.39, 0.29) is 5.41 Å². The van der Waals surface area contributed by atoms with E-state index in [0.29, 0.717) is 0 Å². The van der Waals surface area contributed by atoms with Gasteiger partial charge in [0.05, 0.1) is 0 Å². The van der Waals surface area contributed by atoms with E-state index in [2.05, 4.69) is 43.1 Å². The molecule has 0 aliphatic heterocycles. The molecule has 0 bridgehead atoms. The van der Waals surface area contributed by atoms with Gasteiger partial charge in [0.1, 0.15) is 11.6 Å². The fraction of sp³-hybridized carbons (Fsp3) is 0.636. The van der Waals surface area contributed by atoms with Crippen molar-refractivity contribution in [1.82, 2.24) is 9.97 Å². The second kappa shape index (κ2) is 4.14. The SMILES string of the molecule is CCc1c(C)nc(C(C)(C)C)nc1NN. The Labute approximate surface area is 91.3 Å². The van der Waals surface area contributed by atoms with E-state index in [0.717, 1.165) is 29.3 Å². The predicted molar refractivity (Wildman–Crippen MR) is 62.7 cm³/mol. The highest BCUT2D eigenvalue weighted by molar-refractivity contribution is 5.45. The summed E-state index contributed by atoms with van der Waals surface area (Å²) in [4.78, 5) is 8.96. The molecule has 1 rings (SSSR count). The highest BCUT2D eigenvalue weighted by atomic mass is 15.3. The molecule has 0 saturated heterocycles. The zero-order chi connectivity index (χ0) is 11.6. The molecule has 0 fully saturated rings. The van der Waals surface area contributed by atoms with Crippen LogP contribution in [0.2, 0.25) is 0 Å². The molecule has 0 atom stereocenters. The van der Waals surface area contributed by atoms with Crippen molar-refractivity contribution in [1.29, 1.82) is 0 Å². The van der Waals surface area contributed by atoms with E-state index in [1.807, 2.05) is 6.92 Å². The minimum absolute atomic E-state index is 0.0529. The standard InChI is InChI=1S/C11H20N4/c1-6-8-7(2)13-10(11(3,4)5)14-9(8)15-12/h6,12H2,1-5H3,(H,13,14,15). The van der Waals surface area contributed by atoms with Crippen molar-refractivity contribution in [2.45, 2.75) is 46.5 Å². The molecular weight excluding hydrogens is 188 g/mol. The summed E-state index contributed by atoms with van der Waals surface area (Å²) < 4.78 is 0. The molecule has 0 spiro atoms. The summed E-state index contributed by atoms with van der Waals surface area (Å²) in [5.74, 6) is 7.04. The number of hydrazine groups is 1. The van der Waals surface area contributed by atoms with Gasteiger partial charge in [-0.1, -0.05) is 27.7 Å². The Bertz CT molecular complexity index is 352. The molecule has 1 aromatic heterocycles. The summed E-state index contributed by atoms with van der Waals surface area (Å²) in [6, 6.07) is 0. The predicted octanol–water partition coefficient (Wildman–Crippen LogP) is 1.93. The van der Waals surface area contributed by atoms with Gasteiger partial charge in [0.25, 0.3) is 0 Å². The fourth-order valence-electron chi connectivity index (χ4n) is 1.47. The van der Waals surface area contributed by atoms with Gasteiger partial charge < -0.3 is 5.43 Å². The van der Waals surface area contributed by atoms with Crippen LogP contribution in [-0.4, -0.2) is 9.97 Å². The number of nitrogens with one attached hydrogen (secondary N) is 1. The summed E-state index contributed by atoms with van der Waals surface area (Å²) in [7, 11) is 0. The molecule has 4 nitrogen and oxygen atoms in total. The molecule has 1 aromatic rings. The zero-order valence-electron chi connectivity index (χ0n) is 10.2. The van der Waals surface area contributed by atoms with Gasteiger partial charge in [0.15, 0.2) is 0 Å². The molecule has 15 heavy (non-hydrogen) atoms. The van der Waals surface area contributed by atoms with Gasteiger partial charge in [0, 0.05) is 16.7 Å². The normalized spacial score (nSPS) is 11.6. The number of hydrogen-bond acceptors (Lipinski definition) is 4. The molecule has 0 aromatic carbocycles. The maximum Gasteiger partial charge on any atom is 0.147 e. The van der Waals surface area contributed by atoms with Gasteiger partial charge in [-0.15, -0.1) is 0 Å². The topological polar surface area (TPSA) is 63.8 Å². The molecule has 0 aliphatic carbocycles.